The van der Waals surface area contributed by atoms with Gasteiger partial charge in [0.1, 0.15) is 9.90 Å². The molecule has 2 N–H and O–H groups in total. The van der Waals surface area contributed by atoms with Gasteiger partial charge in [0.05, 0.1) is 12.6 Å². The van der Waals surface area contributed by atoms with Crippen molar-refractivity contribution in [2.75, 3.05) is 0 Å². The van der Waals surface area contributed by atoms with Crippen molar-refractivity contribution >= 4 is 21.4 Å². The second-order valence-corrected chi connectivity index (χ2v) is 7.68. The first-order valence-corrected chi connectivity index (χ1v) is 8.94. The van der Waals surface area contributed by atoms with E-state index >= 15 is 0 Å². The van der Waals surface area contributed by atoms with Gasteiger partial charge in [0.2, 0.25) is 10.0 Å². The van der Waals surface area contributed by atoms with Gasteiger partial charge in [-0.05, 0) is 26.8 Å². The average molecular weight is 329 g/mol. The molecule has 0 aliphatic rings. The Morgan fingerprint density at radius 3 is 2.62 bits per heavy atom. The first kappa shape index (κ1) is 16.2. The molecule has 2 aromatic rings. The largest absolute Gasteiger partial charge is 0.390 e. The smallest absolute Gasteiger partial charge is 0.242 e. The van der Waals surface area contributed by atoms with Crippen molar-refractivity contribution in [3.05, 3.63) is 34.5 Å². The zero-order valence-corrected chi connectivity index (χ0v) is 13.8. The van der Waals surface area contributed by atoms with E-state index in [1.165, 1.54) is 17.4 Å². The number of aliphatic hydroxyl groups is 1. The topological polar surface area (TPSA) is 84.2 Å². The number of hydrogen-bond donors (Lipinski definition) is 2. The standard InChI is InChI=1S/C13H19N3O3S2/c1-9(2)16-7-12(6-11(16)8-17)21(18,19)15-10(3)13-14-4-5-20-13/h4-7,9-10,15,17H,8H2,1-3H3. The summed E-state index contributed by atoms with van der Waals surface area (Å²) in [5, 5.41) is 11.9. The predicted molar refractivity (Wildman–Crippen MR) is 81.6 cm³/mol. The highest BCUT2D eigenvalue weighted by molar-refractivity contribution is 7.89. The summed E-state index contributed by atoms with van der Waals surface area (Å²) in [4.78, 5) is 4.26. The fourth-order valence-electron chi connectivity index (χ4n) is 2.05. The van der Waals surface area contributed by atoms with Crippen LogP contribution >= 0.6 is 11.3 Å². The van der Waals surface area contributed by atoms with E-state index in [1.54, 1.807) is 29.3 Å². The van der Waals surface area contributed by atoms with Crippen LogP contribution in [-0.4, -0.2) is 23.1 Å². The van der Waals surface area contributed by atoms with Crippen LogP contribution in [0.1, 0.15) is 43.6 Å². The van der Waals surface area contributed by atoms with E-state index in [1.807, 2.05) is 13.8 Å². The van der Waals surface area contributed by atoms with Gasteiger partial charge in [0, 0.05) is 29.5 Å². The van der Waals surface area contributed by atoms with E-state index in [-0.39, 0.29) is 17.5 Å². The maximum Gasteiger partial charge on any atom is 0.242 e. The molecule has 0 aliphatic carbocycles. The number of aliphatic hydroxyl groups excluding tert-OH is 1. The molecule has 8 heteroatoms. The van der Waals surface area contributed by atoms with Crippen LogP contribution in [0.3, 0.4) is 0 Å². The SMILES string of the molecule is CC(NS(=O)(=O)c1cc(CO)n(C(C)C)c1)c1nccs1. The van der Waals surface area contributed by atoms with Gasteiger partial charge in [-0.15, -0.1) is 11.3 Å². The molecule has 21 heavy (non-hydrogen) atoms. The monoisotopic (exact) mass is 329 g/mol. The Morgan fingerprint density at radius 1 is 1.43 bits per heavy atom. The highest BCUT2D eigenvalue weighted by atomic mass is 32.2. The van der Waals surface area contributed by atoms with E-state index in [9.17, 15) is 13.5 Å². The third-order valence-electron chi connectivity index (χ3n) is 3.09. The first-order valence-electron chi connectivity index (χ1n) is 6.58. The van der Waals surface area contributed by atoms with Gasteiger partial charge < -0.3 is 9.67 Å². The van der Waals surface area contributed by atoms with Gasteiger partial charge in [0.15, 0.2) is 0 Å². The van der Waals surface area contributed by atoms with Gasteiger partial charge in [-0.2, -0.15) is 0 Å². The number of nitrogens with zero attached hydrogens (tertiary/aromatic N) is 2. The summed E-state index contributed by atoms with van der Waals surface area (Å²) >= 11 is 1.40. The normalized spacial score (nSPS) is 13.8. The lowest BCUT2D eigenvalue weighted by molar-refractivity contribution is 0.268. The fraction of sp³-hybridized carbons (Fsp3) is 0.462. The van der Waals surface area contributed by atoms with Gasteiger partial charge in [-0.25, -0.2) is 18.1 Å². The Bertz CT molecular complexity index is 690. The summed E-state index contributed by atoms with van der Waals surface area (Å²) in [5.74, 6) is 0. The van der Waals surface area contributed by atoms with Crippen LogP contribution in [-0.2, 0) is 16.6 Å². The minimum absolute atomic E-state index is 0.0764. The van der Waals surface area contributed by atoms with E-state index in [0.29, 0.717) is 10.7 Å². The molecule has 0 radical (unpaired) electrons. The van der Waals surface area contributed by atoms with Crippen LogP contribution < -0.4 is 4.72 Å². The quantitative estimate of drug-likeness (QED) is 0.849. The van der Waals surface area contributed by atoms with Crippen molar-refractivity contribution in [3.63, 3.8) is 0 Å². The zero-order chi connectivity index (χ0) is 15.6. The maximum absolute atomic E-state index is 12.4. The summed E-state index contributed by atoms with van der Waals surface area (Å²) in [6.07, 6.45) is 3.19. The van der Waals surface area contributed by atoms with Gasteiger partial charge in [0.25, 0.3) is 0 Å². The second kappa shape index (κ2) is 6.27. The van der Waals surface area contributed by atoms with E-state index in [2.05, 4.69) is 9.71 Å². The Kier molecular flexibility index (Phi) is 4.82. The predicted octanol–water partition coefficient (Wildman–Crippen LogP) is 2.06. The summed E-state index contributed by atoms with van der Waals surface area (Å²) in [6.45, 7) is 5.42. The van der Waals surface area contributed by atoms with Crippen LogP contribution in [0.5, 0.6) is 0 Å². The minimum atomic E-state index is -3.65. The number of rotatable bonds is 6. The molecule has 0 bridgehead atoms. The second-order valence-electron chi connectivity index (χ2n) is 5.04. The van der Waals surface area contributed by atoms with Crippen LogP contribution in [0.4, 0.5) is 0 Å². The Labute approximate surface area is 128 Å². The van der Waals surface area contributed by atoms with Gasteiger partial charge in [-0.3, -0.25) is 0 Å². The molecule has 2 rings (SSSR count). The van der Waals surface area contributed by atoms with Crippen molar-refractivity contribution < 1.29 is 13.5 Å². The molecule has 6 nitrogen and oxygen atoms in total. The molecule has 1 unspecified atom stereocenters. The molecule has 0 amide bonds. The number of nitrogens with one attached hydrogen (secondary N) is 1. The summed E-state index contributed by atoms with van der Waals surface area (Å²) in [5.41, 5.74) is 0.576. The molecule has 116 valence electrons. The number of hydrogen-bond acceptors (Lipinski definition) is 5. The Morgan fingerprint density at radius 2 is 2.14 bits per heavy atom. The third-order valence-corrected chi connectivity index (χ3v) is 5.56. The van der Waals surface area contributed by atoms with Crippen LogP contribution in [0.25, 0.3) is 0 Å². The van der Waals surface area contributed by atoms with Crippen molar-refractivity contribution in [1.29, 1.82) is 0 Å². The molecule has 0 saturated heterocycles. The fourth-order valence-corrected chi connectivity index (χ4v) is 4.03. The summed E-state index contributed by atoms with van der Waals surface area (Å²) in [6, 6.07) is 1.18. The highest BCUT2D eigenvalue weighted by Crippen LogP contribution is 2.22. The van der Waals surface area contributed by atoms with Crippen LogP contribution in [0.15, 0.2) is 28.7 Å². The lowest BCUT2D eigenvalue weighted by Gasteiger charge is -2.11. The lowest BCUT2D eigenvalue weighted by Crippen LogP contribution is -2.26. The Balaban J connectivity index is 2.27. The van der Waals surface area contributed by atoms with Gasteiger partial charge >= 0.3 is 0 Å². The molecule has 0 aromatic carbocycles. The first-order chi connectivity index (χ1) is 9.85. The summed E-state index contributed by atoms with van der Waals surface area (Å²) < 4.78 is 29.2. The third kappa shape index (κ3) is 3.52. The van der Waals surface area contributed by atoms with E-state index in [4.69, 9.17) is 0 Å². The average Bonchev–Trinajstić information content (AvgIpc) is 3.07. The van der Waals surface area contributed by atoms with Crippen LogP contribution in [0, 0.1) is 0 Å². The molecule has 0 fully saturated rings. The molecule has 0 spiro atoms. The molecule has 1 atom stereocenters. The van der Waals surface area contributed by atoms with Crippen LogP contribution in [0.2, 0.25) is 0 Å². The molecular formula is C13H19N3O3S2. The van der Waals surface area contributed by atoms with E-state index < -0.39 is 16.1 Å². The molecule has 2 aromatic heterocycles. The van der Waals surface area contributed by atoms with Crippen molar-refractivity contribution in [1.82, 2.24) is 14.3 Å². The van der Waals surface area contributed by atoms with Crippen molar-refractivity contribution in [2.45, 2.75) is 44.4 Å². The molecule has 0 saturated carbocycles. The van der Waals surface area contributed by atoms with Gasteiger partial charge in [-0.1, -0.05) is 0 Å². The number of thiazole rings is 1. The summed E-state index contributed by atoms with van der Waals surface area (Å²) in [7, 11) is -3.65. The molecule has 0 aliphatic heterocycles. The number of sulfonamides is 1. The number of aromatic nitrogens is 2. The maximum atomic E-state index is 12.4. The van der Waals surface area contributed by atoms with Crippen molar-refractivity contribution in [3.8, 4) is 0 Å². The molecular weight excluding hydrogens is 310 g/mol. The van der Waals surface area contributed by atoms with E-state index in [0.717, 1.165) is 0 Å². The minimum Gasteiger partial charge on any atom is -0.390 e. The highest BCUT2D eigenvalue weighted by Gasteiger charge is 2.22. The lowest BCUT2D eigenvalue weighted by atomic mass is 10.3. The zero-order valence-electron chi connectivity index (χ0n) is 12.1. The Hall–Kier alpha value is -1.22. The molecule has 2 heterocycles. The van der Waals surface area contributed by atoms with Crippen molar-refractivity contribution in [2.24, 2.45) is 0 Å².